The van der Waals surface area contributed by atoms with Gasteiger partial charge in [0, 0.05) is 36.1 Å². The van der Waals surface area contributed by atoms with Crippen molar-refractivity contribution in [1.29, 1.82) is 0 Å². The van der Waals surface area contributed by atoms with Crippen molar-refractivity contribution in [2.45, 2.75) is 24.9 Å². The highest BCUT2D eigenvalue weighted by Crippen LogP contribution is 2.38. The first-order chi connectivity index (χ1) is 12.1. The van der Waals surface area contributed by atoms with Crippen LogP contribution >= 0.6 is 23.2 Å². The summed E-state index contributed by atoms with van der Waals surface area (Å²) < 4.78 is 5.57. The van der Waals surface area contributed by atoms with Crippen LogP contribution in [0.2, 0.25) is 10.0 Å². The minimum Gasteiger partial charge on any atom is -0.381 e. The average molecular weight is 376 g/mol. The van der Waals surface area contributed by atoms with E-state index in [-0.39, 0.29) is 5.54 Å². The lowest BCUT2D eigenvalue weighted by atomic mass is 9.86. The molecule has 6 heteroatoms. The van der Waals surface area contributed by atoms with Gasteiger partial charge in [0.2, 0.25) is 0 Å². The molecule has 1 saturated heterocycles. The topological polar surface area (TPSA) is 45.7 Å². The van der Waals surface area contributed by atoms with E-state index >= 15 is 0 Å². The fraction of sp³-hybridized carbons (Fsp3) is 0.316. The van der Waals surface area contributed by atoms with Crippen molar-refractivity contribution in [3.8, 4) is 0 Å². The summed E-state index contributed by atoms with van der Waals surface area (Å²) in [4.78, 5) is 4.89. The lowest BCUT2D eigenvalue weighted by Crippen LogP contribution is -2.55. The predicted molar refractivity (Wildman–Crippen MR) is 104 cm³/mol. The van der Waals surface area contributed by atoms with Crippen LogP contribution in [0.3, 0.4) is 0 Å². The molecule has 0 aromatic heterocycles. The summed E-state index contributed by atoms with van der Waals surface area (Å²) in [6.45, 7) is 2.00. The largest absolute Gasteiger partial charge is 0.381 e. The molecule has 2 heterocycles. The summed E-state index contributed by atoms with van der Waals surface area (Å²) in [5, 5.41) is 8.62. The van der Waals surface area contributed by atoms with Crippen molar-refractivity contribution in [3.05, 3.63) is 58.1 Å². The second kappa shape index (κ2) is 6.87. The van der Waals surface area contributed by atoms with Gasteiger partial charge in [-0.05, 0) is 35.9 Å². The van der Waals surface area contributed by atoms with Gasteiger partial charge in [-0.25, -0.2) is 0 Å². The molecular formula is C19H19Cl2N3O. The molecular weight excluding hydrogens is 357 g/mol. The first-order valence-electron chi connectivity index (χ1n) is 8.37. The number of fused-ring (bicyclic) bond motifs is 1. The van der Waals surface area contributed by atoms with Gasteiger partial charge in [0.1, 0.15) is 5.84 Å². The van der Waals surface area contributed by atoms with Gasteiger partial charge in [0.15, 0.2) is 0 Å². The van der Waals surface area contributed by atoms with E-state index in [0.717, 1.165) is 45.7 Å². The number of halogens is 2. The Morgan fingerprint density at radius 2 is 1.80 bits per heavy atom. The van der Waals surface area contributed by atoms with Gasteiger partial charge < -0.3 is 15.4 Å². The molecule has 0 saturated carbocycles. The highest BCUT2D eigenvalue weighted by Gasteiger charge is 2.41. The van der Waals surface area contributed by atoms with Crippen LogP contribution in [-0.4, -0.2) is 24.6 Å². The van der Waals surface area contributed by atoms with Gasteiger partial charge in [-0.2, -0.15) is 0 Å². The third-order valence-electron chi connectivity index (χ3n) is 4.72. The van der Waals surface area contributed by atoms with Gasteiger partial charge in [0.25, 0.3) is 0 Å². The first kappa shape index (κ1) is 16.7. The molecule has 1 fully saturated rings. The number of hydrogen-bond donors (Lipinski definition) is 2. The van der Waals surface area contributed by atoms with E-state index in [2.05, 4.69) is 10.6 Å². The number of hydrogen-bond acceptors (Lipinski definition) is 3. The van der Waals surface area contributed by atoms with Gasteiger partial charge in [-0.15, -0.1) is 0 Å². The molecule has 2 aromatic rings. The summed E-state index contributed by atoms with van der Waals surface area (Å²) in [5.41, 5.74) is 2.85. The number of anilines is 2. The molecule has 4 nitrogen and oxygen atoms in total. The standard InChI is InChI=1S/C19H19Cl2N3O/c20-14-3-1-2-13(10-14)12-22-18-19(6-8-25-9-7-19)24-17-11-15(21)4-5-16(17)23-18/h1-5,10-11,24H,6-9,12H2,(H,22,23). The third kappa shape index (κ3) is 3.47. The number of nitrogens with one attached hydrogen (secondary N) is 2. The summed E-state index contributed by atoms with van der Waals surface area (Å²) >= 11 is 12.2. The maximum atomic E-state index is 6.16. The van der Waals surface area contributed by atoms with Crippen molar-refractivity contribution in [2.75, 3.05) is 23.8 Å². The Labute approximate surface area is 157 Å². The van der Waals surface area contributed by atoms with E-state index in [4.69, 9.17) is 32.9 Å². The average Bonchev–Trinajstić information content (AvgIpc) is 2.61. The Hall–Kier alpha value is -1.75. The molecule has 2 N–H and O–H groups in total. The Bertz CT molecular complexity index is 816. The van der Waals surface area contributed by atoms with Crippen LogP contribution in [0.4, 0.5) is 11.4 Å². The Balaban J connectivity index is 1.68. The molecule has 0 aliphatic carbocycles. The van der Waals surface area contributed by atoms with Gasteiger partial charge in [0.05, 0.1) is 23.5 Å². The molecule has 0 atom stereocenters. The molecule has 4 rings (SSSR count). The quantitative estimate of drug-likeness (QED) is 0.777. The zero-order chi connectivity index (χ0) is 17.3. The number of aliphatic imine (C=N–C) groups is 1. The minimum absolute atomic E-state index is 0.242. The van der Waals surface area contributed by atoms with Crippen molar-refractivity contribution in [2.24, 2.45) is 4.99 Å². The van der Waals surface area contributed by atoms with E-state index in [1.54, 1.807) is 0 Å². The monoisotopic (exact) mass is 375 g/mol. The van der Waals surface area contributed by atoms with Crippen LogP contribution < -0.4 is 10.6 Å². The molecule has 0 unspecified atom stereocenters. The highest BCUT2D eigenvalue weighted by atomic mass is 35.5. The van der Waals surface area contributed by atoms with Crippen LogP contribution in [-0.2, 0) is 11.3 Å². The van der Waals surface area contributed by atoms with Crippen LogP contribution in [0.15, 0.2) is 47.5 Å². The second-order valence-corrected chi connectivity index (χ2v) is 7.30. The number of rotatable bonds is 2. The maximum Gasteiger partial charge on any atom is 0.127 e. The van der Waals surface area contributed by atoms with E-state index in [1.807, 2.05) is 42.5 Å². The zero-order valence-electron chi connectivity index (χ0n) is 13.7. The zero-order valence-corrected chi connectivity index (χ0v) is 15.2. The van der Waals surface area contributed by atoms with Crippen LogP contribution in [0.25, 0.3) is 0 Å². The highest BCUT2D eigenvalue weighted by molar-refractivity contribution is 6.31. The molecule has 2 aromatic carbocycles. The molecule has 0 bridgehead atoms. The van der Waals surface area contributed by atoms with Crippen molar-refractivity contribution in [1.82, 2.24) is 0 Å². The lowest BCUT2D eigenvalue weighted by molar-refractivity contribution is 0.0778. The fourth-order valence-electron chi connectivity index (χ4n) is 3.37. The number of ether oxygens (including phenoxy) is 1. The molecule has 25 heavy (non-hydrogen) atoms. The summed E-state index contributed by atoms with van der Waals surface area (Å²) in [7, 11) is 0. The maximum absolute atomic E-state index is 6.16. The van der Waals surface area contributed by atoms with Gasteiger partial charge >= 0.3 is 0 Å². The van der Waals surface area contributed by atoms with E-state index < -0.39 is 0 Å². The summed E-state index contributed by atoms with van der Waals surface area (Å²) in [6.07, 6.45) is 1.72. The molecule has 1 spiro atoms. The normalized spacial score (nSPS) is 20.0. The van der Waals surface area contributed by atoms with Crippen LogP contribution in [0, 0.1) is 0 Å². The minimum atomic E-state index is -0.242. The molecule has 2 aliphatic heterocycles. The Kier molecular flexibility index (Phi) is 4.59. The van der Waals surface area contributed by atoms with Crippen LogP contribution in [0.5, 0.6) is 0 Å². The number of benzene rings is 2. The van der Waals surface area contributed by atoms with Crippen molar-refractivity contribution >= 4 is 40.4 Å². The number of nitrogens with zero attached hydrogens (tertiary/aromatic N) is 1. The molecule has 2 aliphatic rings. The van der Waals surface area contributed by atoms with E-state index in [9.17, 15) is 0 Å². The van der Waals surface area contributed by atoms with Crippen LogP contribution in [0.1, 0.15) is 18.4 Å². The first-order valence-corrected chi connectivity index (χ1v) is 9.12. The Morgan fingerprint density at radius 1 is 1.00 bits per heavy atom. The third-order valence-corrected chi connectivity index (χ3v) is 5.19. The van der Waals surface area contributed by atoms with Gasteiger partial charge in [-0.3, -0.25) is 4.99 Å². The van der Waals surface area contributed by atoms with Crippen molar-refractivity contribution in [3.63, 3.8) is 0 Å². The van der Waals surface area contributed by atoms with E-state index in [1.165, 1.54) is 0 Å². The van der Waals surface area contributed by atoms with E-state index in [0.29, 0.717) is 19.8 Å². The lowest BCUT2D eigenvalue weighted by Gasteiger charge is -2.43. The second-order valence-electron chi connectivity index (χ2n) is 6.43. The fourth-order valence-corrected chi connectivity index (χ4v) is 3.76. The predicted octanol–water partition coefficient (Wildman–Crippen LogP) is 4.98. The summed E-state index contributed by atoms with van der Waals surface area (Å²) in [5.74, 6) is 0.950. The smallest absolute Gasteiger partial charge is 0.127 e. The molecule has 0 radical (unpaired) electrons. The van der Waals surface area contributed by atoms with Gasteiger partial charge in [-0.1, -0.05) is 35.3 Å². The SMILES string of the molecule is Clc1cccc(CN=C2Nc3ccc(Cl)cc3NC23CCOCC3)c1. The molecule has 0 amide bonds. The number of amidine groups is 1. The van der Waals surface area contributed by atoms with Crippen molar-refractivity contribution < 1.29 is 4.74 Å². The molecule has 130 valence electrons. The Morgan fingerprint density at radius 3 is 2.60 bits per heavy atom. The summed E-state index contributed by atoms with van der Waals surface area (Å²) in [6, 6.07) is 13.6.